The molecule has 0 fully saturated rings. The number of benzene rings is 2. The van der Waals surface area contributed by atoms with Crippen molar-refractivity contribution in [3.8, 4) is 11.5 Å². The molecule has 0 heterocycles. The van der Waals surface area contributed by atoms with Crippen molar-refractivity contribution in [3.05, 3.63) is 52.0 Å². The lowest BCUT2D eigenvalue weighted by atomic mass is 10.2. The van der Waals surface area contributed by atoms with Gasteiger partial charge in [0, 0.05) is 30.9 Å². The first-order chi connectivity index (χ1) is 11.4. The predicted molar refractivity (Wildman–Crippen MR) is 104 cm³/mol. The zero-order valence-electron chi connectivity index (χ0n) is 13.6. The SMILES string of the molecule is COc1ccc(CN(C)C(=S)Nc2ccc(Cl)c(Cl)c2)c(OC)c1. The van der Waals surface area contributed by atoms with Crippen molar-refractivity contribution in [2.24, 2.45) is 0 Å². The second-order valence-electron chi connectivity index (χ2n) is 5.09. The summed E-state index contributed by atoms with van der Waals surface area (Å²) in [5.41, 5.74) is 1.78. The zero-order valence-corrected chi connectivity index (χ0v) is 15.9. The fraction of sp³-hybridized carbons (Fsp3) is 0.235. The number of nitrogens with one attached hydrogen (secondary N) is 1. The van der Waals surface area contributed by atoms with Crippen LogP contribution in [0.3, 0.4) is 0 Å². The zero-order chi connectivity index (χ0) is 17.7. The lowest BCUT2D eigenvalue weighted by molar-refractivity contribution is 0.384. The standard InChI is InChI=1S/C17H18Cl2N2O2S/c1-21(10-11-4-6-13(22-2)9-16(11)23-3)17(24)20-12-5-7-14(18)15(19)8-12/h4-9H,10H2,1-3H3,(H,20,24). The molecule has 24 heavy (non-hydrogen) atoms. The molecule has 2 aromatic rings. The molecule has 0 saturated carbocycles. The Hall–Kier alpha value is -1.69. The molecule has 7 heteroatoms. The minimum absolute atomic E-state index is 0.476. The van der Waals surface area contributed by atoms with Gasteiger partial charge in [-0.3, -0.25) is 0 Å². The van der Waals surface area contributed by atoms with Crippen molar-refractivity contribution >= 4 is 46.2 Å². The maximum absolute atomic E-state index is 6.02. The Morgan fingerprint density at radius 3 is 2.46 bits per heavy atom. The summed E-state index contributed by atoms with van der Waals surface area (Å²) in [6, 6.07) is 11.0. The normalized spacial score (nSPS) is 10.2. The minimum atomic E-state index is 0.476. The molecule has 0 aromatic heterocycles. The maximum Gasteiger partial charge on any atom is 0.173 e. The molecular weight excluding hydrogens is 367 g/mol. The Kier molecular flexibility index (Phi) is 6.54. The number of anilines is 1. The summed E-state index contributed by atoms with van der Waals surface area (Å²) < 4.78 is 10.6. The average Bonchev–Trinajstić information content (AvgIpc) is 2.58. The number of thiocarbonyl (C=S) groups is 1. The van der Waals surface area contributed by atoms with Gasteiger partial charge in [-0.25, -0.2) is 0 Å². The Morgan fingerprint density at radius 1 is 1.08 bits per heavy atom. The lowest BCUT2D eigenvalue weighted by Gasteiger charge is -2.22. The van der Waals surface area contributed by atoms with Crippen molar-refractivity contribution in [1.82, 2.24) is 4.90 Å². The van der Waals surface area contributed by atoms with Gasteiger partial charge in [0.2, 0.25) is 0 Å². The van der Waals surface area contributed by atoms with Crippen LogP contribution in [0.5, 0.6) is 11.5 Å². The summed E-state index contributed by atoms with van der Waals surface area (Å²) in [6.07, 6.45) is 0. The van der Waals surface area contributed by atoms with Crippen LogP contribution in [0, 0.1) is 0 Å². The second kappa shape index (κ2) is 8.42. The van der Waals surface area contributed by atoms with Crippen molar-refractivity contribution < 1.29 is 9.47 Å². The maximum atomic E-state index is 6.02. The highest BCUT2D eigenvalue weighted by Crippen LogP contribution is 2.27. The fourth-order valence-electron chi connectivity index (χ4n) is 2.10. The quantitative estimate of drug-likeness (QED) is 0.745. The van der Waals surface area contributed by atoms with E-state index >= 15 is 0 Å². The average molecular weight is 385 g/mol. The largest absolute Gasteiger partial charge is 0.497 e. The van der Waals surface area contributed by atoms with Crippen molar-refractivity contribution in [2.45, 2.75) is 6.54 Å². The van der Waals surface area contributed by atoms with Gasteiger partial charge >= 0.3 is 0 Å². The van der Waals surface area contributed by atoms with E-state index in [-0.39, 0.29) is 0 Å². The summed E-state index contributed by atoms with van der Waals surface area (Å²) in [6.45, 7) is 0.584. The summed E-state index contributed by atoms with van der Waals surface area (Å²) in [4.78, 5) is 1.90. The van der Waals surface area contributed by atoms with E-state index in [2.05, 4.69) is 5.32 Å². The third-order valence-electron chi connectivity index (χ3n) is 3.42. The van der Waals surface area contributed by atoms with Gasteiger partial charge in [-0.1, -0.05) is 23.2 Å². The number of nitrogens with zero attached hydrogens (tertiary/aromatic N) is 1. The molecule has 0 amide bonds. The first kappa shape index (κ1) is 18.6. The molecule has 4 nitrogen and oxygen atoms in total. The molecule has 0 spiro atoms. The van der Waals surface area contributed by atoms with Crippen LogP contribution in [0.2, 0.25) is 10.0 Å². The summed E-state index contributed by atoms with van der Waals surface area (Å²) in [5, 5.41) is 4.68. The van der Waals surface area contributed by atoms with Gasteiger partial charge in [0.05, 0.1) is 24.3 Å². The van der Waals surface area contributed by atoms with Crippen molar-refractivity contribution in [2.75, 3.05) is 26.6 Å². The molecule has 1 N–H and O–H groups in total. The first-order valence-electron chi connectivity index (χ1n) is 7.12. The number of methoxy groups -OCH3 is 2. The molecule has 0 aliphatic heterocycles. The summed E-state index contributed by atoms with van der Waals surface area (Å²) >= 11 is 17.4. The van der Waals surface area contributed by atoms with E-state index in [1.165, 1.54) is 0 Å². The fourth-order valence-corrected chi connectivity index (χ4v) is 2.58. The van der Waals surface area contributed by atoms with Crippen LogP contribution in [-0.4, -0.2) is 31.3 Å². The third kappa shape index (κ3) is 4.66. The van der Waals surface area contributed by atoms with Crippen LogP contribution in [0.15, 0.2) is 36.4 Å². The minimum Gasteiger partial charge on any atom is -0.497 e. The topological polar surface area (TPSA) is 33.7 Å². The third-order valence-corrected chi connectivity index (χ3v) is 4.57. The smallest absolute Gasteiger partial charge is 0.173 e. The highest BCUT2D eigenvalue weighted by atomic mass is 35.5. The van der Waals surface area contributed by atoms with Crippen LogP contribution in [0.1, 0.15) is 5.56 Å². The van der Waals surface area contributed by atoms with E-state index in [1.807, 2.05) is 36.2 Å². The van der Waals surface area contributed by atoms with Crippen molar-refractivity contribution in [1.29, 1.82) is 0 Å². The van der Waals surface area contributed by atoms with E-state index in [0.29, 0.717) is 21.7 Å². The number of rotatable bonds is 5. The Bertz CT molecular complexity index is 741. The Balaban J connectivity index is 2.07. The van der Waals surface area contributed by atoms with Gasteiger partial charge in [0.15, 0.2) is 5.11 Å². The molecule has 0 radical (unpaired) electrons. The van der Waals surface area contributed by atoms with Crippen LogP contribution in [-0.2, 0) is 6.54 Å². The number of hydrogen-bond acceptors (Lipinski definition) is 3. The molecular formula is C17H18Cl2N2O2S. The van der Waals surface area contributed by atoms with Gasteiger partial charge in [0.25, 0.3) is 0 Å². The monoisotopic (exact) mass is 384 g/mol. The van der Waals surface area contributed by atoms with E-state index in [4.69, 9.17) is 44.9 Å². The molecule has 0 aliphatic rings. The Morgan fingerprint density at radius 2 is 1.83 bits per heavy atom. The molecule has 0 aliphatic carbocycles. The molecule has 0 unspecified atom stereocenters. The number of hydrogen-bond donors (Lipinski definition) is 1. The predicted octanol–water partition coefficient (Wildman–Crippen LogP) is 4.84. The molecule has 128 valence electrons. The van der Waals surface area contributed by atoms with E-state index < -0.39 is 0 Å². The van der Waals surface area contributed by atoms with Gasteiger partial charge < -0.3 is 19.7 Å². The molecule has 2 aromatic carbocycles. The van der Waals surface area contributed by atoms with Gasteiger partial charge in [-0.05, 0) is 42.5 Å². The van der Waals surface area contributed by atoms with E-state index in [9.17, 15) is 0 Å². The van der Waals surface area contributed by atoms with E-state index in [1.54, 1.807) is 26.4 Å². The number of ether oxygens (including phenoxy) is 2. The van der Waals surface area contributed by atoms with E-state index in [0.717, 1.165) is 22.7 Å². The van der Waals surface area contributed by atoms with Crippen LogP contribution in [0.25, 0.3) is 0 Å². The summed E-state index contributed by atoms with van der Waals surface area (Å²) in [7, 11) is 5.15. The van der Waals surface area contributed by atoms with Gasteiger partial charge in [-0.2, -0.15) is 0 Å². The van der Waals surface area contributed by atoms with Crippen LogP contribution in [0.4, 0.5) is 5.69 Å². The molecule has 0 saturated heterocycles. The van der Waals surface area contributed by atoms with Crippen molar-refractivity contribution in [3.63, 3.8) is 0 Å². The molecule has 0 atom stereocenters. The molecule has 2 rings (SSSR count). The highest BCUT2D eigenvalue weighted by molar-refractivity contribution is 7.80. The van der Waals surface area contributed by atoms with Crippen LogP contribution >= 0.6 is 35.4 Å². The first-order valence-corrected chi connectivity index (χ1v) is 8.29. The summed E-state index contributed by atoms with van der Waals surface area (Å²) in [5.74, 6) is 1.49. The lowest BCUT2D eigenvalue weighted by Crippen LogP contribution is -2.30. The highest BCUT2D eigenvalue weighted by Gasteiger charge is 2.11. The Labute approximate surface area is 157 Å². The number of halogens is 2. The molecule has 0 bridgehead atoms. The van der Waals surface area contributed by atoms with Gasteiger partial charge in [0.1, 0.15) is 11.5 Å². The van der Waals surface area contributed by atoms with Gasteiger partial charge in [-0.15, -0.1) is 0 Å². The van der Waals surface area contributed by atoms with Crippen LogP contribution < -0.4 is 14.8 Å². The second-order valence-corrected chi connectivity index (χ2v) is 6.29.